The molecule has 1 rings (SSSR count). The zero-order valence-corrected chi connectivity index (χ0v) is 12.3. The molecule has 0 radical (unpaired) electrons. The van der Waals surface area contributed by atoms with E-state index in [1.165, 1.54) is 16.4 Å². The van der Waals surface area contributed by atoms with Gasteiger partial charge in [-0.25, -0.2) is 0 Å². The molecule has 0 bridgehead atoms. The molecule has 0 aliphatic rings. The SMILES string of the molecule is CC(C)NCC(C)NCc1snnc1C(C)C. The Kier molecular flexibility index (Phi) is 6.02. The van der Waals surface area contributed by atoms with Crippen molar-refractivity contribution in [3.8, 4) is 0 Å². The molecule has 5 heteroatoms. The maximum absolute atomic E-state index is 4.18. The van der Waals surface area contributed by atoms with Crippen LogP contribution in [0.2, 0.25) is 0 Å². The van der Waals surface area contributed by atoms with Crippen LogP contribution in [0.25, 0.3) is 0 Å². The van der Waals surface area contributed by atoms with Crippen molar-refractivity contribution in [2.75, 3.05) is 6.54 Å². The summed E-state index contributed by atoms with van der Waals surface area (Å²) >= 11 is 1.50. The second-order valence-corrected chi connectivity index (χ2v) is 5.92. The van der Waals surface area contributed by atoms with Crippen LogP contribution in [-0.2, 0) is 6.54 Å². The molecule has 1 atom stereocenters. The molecule has 0 amide bonds. The quantitative estimate of drug-likeness (QED) is 0.785. The van der Waals surface area contributed by atoms with Gasteiger partial charge in [-0.05, 0) is 24.4 Å². The van der Waals surface area contributed by atoms with Crippen molar-refractivity contribution in [2.45, 2.75) is 59.2 Å². The summed E-state index contributed by atoms with van der Waals surface area (Å²) in [5, 5.41) is 11.1. The normalized spacial score (nSPS) is 13.6. The lowest BCUT2D eigenvalue weighted by atomic mass is 10.1. The molecule has 1 heterocycles. The molecule has 98 valence electrons. The monoisotopic (exact) mass is 256 g/mol. The molecule has 0 saturated heterocycles. The Bertz CT molecular complexity index is 322. The molecule has 0 fully saturated rings. The standard InChI is InChI=1S/C12H24N4S/c1-8(2)12-11(17-16-15-12)7-14-10(5)6-13-9(3)4/h8-10,13-14H,6-7H2,1-5H3. The van der Waals surface area contributed by atoms with Crippen molar-refractivity contribution < 1.29 is 0 Å². The van der Waals surface area contributed by atoms with Crippen molar-refractivity contribution in [3.63, 3.8) is 0 Å². The van der Waals surface area contributed by atoms with Crippen molar-refractivity contribution in [3.05, 3.63) is 10.6 Å². The average molecular weight is 256 g/mol. The number of nitrogens with one attached hydrogen (secondary N) is 2. The molecule has 0 aromatic carbocycles. The van der Waals surface area contributed by atoms with Gasteiger partial charge in [-0.3, -0.25) is 0 Å². The summed E-state index contributed by atoms with van der Waals surface area (Å²) in [6.07, 6.45) is 0. The minimum Gasteiger partial charge on any atom is -0.313 e. The van der Waals surface area contributed by atoms with Crippen molar-refractivity contribution in [1.82, 2.24) is 20.2 Å². The van der Waals surface area contributed by atoms with Crippen LogP contribution >= 0.6 is 11.5 Å². The Morgan fingerprint density at radius 3 is 2.41 bits per heavy atom. The summed E-state index contributed by atoms with van der Waals surface area (Å²) in [5.41, 5.74) is 1.13. The second kappa shape index (κ2) is 7.03. The predicted octanol–water partition coefficient (Wildman–Crippen LogP) is 2.14. The lowest BCUT2D eigenvalue weighted by molar-refractivity contribution is 0.474. The molecule has 17 heavy (non-hydrogen) atoms. The van der Waals surface area contributed by atoms with Gasteiger partial charge in [-0.2, -0.15) is 0 Å². The van der Waals surface area contributed by atoms with E-state index in [1.54, 1.807) is 0 Å². The molecule has 1 unspecified atom stereocenters. The number of nitrogens with zero attached hydrogens (tertiary/aromatic N) is 2. The zero-order valence-electron chi connectivity index (χ0n) is 11.4. The summed E-state index contributed by atoms with van der Waals surface area (Å²) in [4.78, 5) is 1.26. The van der Waals surface area contributed by atoms with Crippen molar-refractivity contribution in [2.24, 2.45) is 0 Å². The number of rotatable bonds is 7. The second-order valence-electron chi connectivity index (χ2n) is 5.08. The first-order valence-corrected chi connectivity index (χ1v) is 7.06. The summed E-state index contributed by atoms with van der Waals surface area (Å²) in [6.45, 7) is 12.7. The van der Waals surface area contributed by atoms with E-state index in [9.17, 15) is 0 Å². The Balaban J connectivity index is 2.36. The molecule has 0 saturated carbocycles. The van der Waals surface area contributed by atoms with E-state index < -0.39 is 0 Å². The fourth-order valence-corrected chi connectivity index (χ4v) is 2.27. The number of hydrogen-bond donors (Lipinski definition) is 2. The van der Waals surface area contributed by atoms with Crippen molar-refractivity contribution in [1.29, 1.82) is 0 Å². The first-order valence-electron chi connectivity index (χ1n) is 6.28. The van der Waals surface area contributed by atoms with Gasteiger partial charge < -0.3 is 10.6 Å². The summed E-state index contributed by atoms with van der Waals surface area (Å²) in [5.74, 6) is 0.453. The van der Waals surface area contributed by atoms with Crippen LogP contribution < -0.4 is 10.6 Å². The lowest BCUT2D eigenvalue weighted by Gasteiger charge is -2.16. The highest BCUT2D eigenvalue weighted by atomic mass is 32.1. The molecule has 0 aliphatic heterocycles. The molecular formula is C12H24N4S. The summed E-state index contributed by atoms with van der Waals surface area (Å²) in [7, 11) is 0. The maximum Gasteiger partial charge on any atom is 0.0826 e. The molecule has 1 aromatic rings. The van der Waals surface area contributed by atoms with Crippen LogP contribution in [0.4, 0.5) is 0 Å². The topological polar surface area (TPSA) is 49.8 Å². The Morgan fingerprint density at radius 1 is 1.12 bits per heavy atom. The summed E-state index contributed by atoms with van der Waals surface area (Å²) < 4.78 is 4.03. The largest absolute Gasteiger partial charge is 0.313 e. The van der Waals surface area contributed by atoms with Crippen LogP contribution in [0.1, 0.15) is 51.1 Å². The molecule has 0 aliphatic carbocycles. The van der Waals surface area contributed by atoms with E-state index in [-0.39, 0.29) is 0 Å². The van der Waals surface area contributed by atoms with Crippen LogP contribution in [0.15, 0.2) is 0 Å². The number of aromatic nitrogens is 2. The predicted molar refractivity (Wildman–Crippen MR) is 73.4 cm³/mol. The van der Waals surface area contributed by atoms with Crippen LogP contribution in [0.5, 0.6) is 0 Å². The van der Waals surface area contributed by atoms with Gasteiger partial charge in [0.25, 0.3) is 0 Å². The van der Waals surface area contributed by atoms with Gasteiger partial charge in [0.2, 0.25) is 0 Å². The highest BCUT2D eigenvalue weighted by Crippen LogP contribution is 2.19. The Hall–Kier alpha value is -0.520. The first-order chi connectivity index (χ1) is 8.00. The van der Waals surface area contributed by atoms with E-state index in [0.29, 0.717) is 18.0 Å². The average Bonchev–Trinajstić information content (AvgIpc) is 2.71. The Labute approximate surface area is 108 Å². The van der Waals surface area contributed by atoms with Crippen molar-refractivity contribution >= 4 is 11.5 Å². The van der Waals surface area contributed by atoms with Gasteiger partial charge in [0.1, 0.15) is 0 Å². The molecule has 4 nitrogen and oxygen atoms in total. The molecule has 1 aromatic heterocycles. The third-order valence-corrected chi connectivity index (χ3v) is 3.31. The third-order valence-electron chi connectivity index (χ3n) is 2.58. The maximum atomic E-state index is 4.18. The smallest absolute Gasteiger partial charge is 0.0826 e. The zero-order chi connectivity index (χ0) is 12.8. The van der Waals surface area contributed by atoms with E-state index in [4.69, 9.17) is 0 Å². The first kappa shape index (κ1) is 14.5. The fraction of sp³-hybridized carbons (Fsp3) is 0.833. The Morgan fingerprint density at radius 2 is 1.82 bits per heavy atom. The molecular weight excluding hydrogens is 232 g/mol. The van der Waals surface area contributed by atoms with Crippen LogP contribution in [0.3, 0.4) is 0 Å². The number of hydrogen-bond acceptors (Lipinski definition) is 5. The lowest BCUT2D eigenvalue weighted by Crippen LogP contribution is -2.38. The molecule has 0 spiro atoms. The van der Waals surface area contributed by atoms with Crippen LogP contribution in [0, 0.1) is 0 Å². The highest BCUT2D eigenvalue weighted by Gasteiger charge is 2.12. The van der Waals surface area contributed by atoms with Gasteiger partial charge >= 0.3 is 0 Å². The van der Waals surface area contributed by atoms with Gasteiger partial charge in [-0.15, -0.1) is 5.10 Å². The van der Waals surface area contributed by atoms with E-state index in [1.807, 2.05) is 0 Å². The van der Waals surface area contributed by atoms with E-state index in [2.05, 4.69) is 54.8 Å². The van der Waals surface area contributed by atoms with E-state index in [0.717, 1.165) is 18.8 Å². The highest BCUT2D eigenvalue weighted by molar-refractivity contribution is 7.05. The molecule has 2 N–H and O–H groups in total. The van der Waals surface area contributed by atoms with E-state index >= 15 is 0 Å². The third kappa shape index (κ3) is 5.10. The summed E-state index contributed by atoms with van der Waals surface area (Å²) in [6, 6.07) is 0.995. The van der Waals surface area contributed by atoms with Crippen LogP contribution in [-0.4, -0.2) is 28.2 Å². The minimum atomic E-state index is 0.453. The van der Waals surface area contributed by atoms with Gasteiger partial charge in [0.05, 0.1) is 10.6 Å². The minimum absolute atomic E-state index is 0.453. The van der Waals surface area contributed by atoms with Gasteiger partial charge in [0.15, 0.2) is 0 Å². The van der Waals surface area contributed by atoms with Gasteiger partial charge in [-0.1, -0.05) is 32.2 Å². The van der Waals surface area contributed by atoms with Gasteiger partial charge in [0, 0.05) is 25.2 Å². The fourth-order valence-electron chi connectivity index (χ4n) is 1.53.